The Labute approximate surface area is 116 Å². The number of phenolic OH excluding ortho intramolecular Hbond substituents is 1. The van der Waals surface area contributed by atoms with Crippen LogP contribution < -0.4 is 0 Å². The van der Waals surface area contributed by atoms with Crippen LogP contribution in [0.4, 0.5) is 0 Å². The molecule has 1 unspecified atom stereocenters. The summed E-state index contributed by atoms with van der Waals surface area (Å²) in [4.78, 5) is 16.0. The predicted octanol–water partition coefficient (Wildman–Crippen LogP) is 1.39. The number of carbonyl (C=O) groups is 1. The molecule has 0 radical (unpaired) electrons. The monoisotopic (exact) mass is 273 g/mol. The molecule has 3 rings (SSSR count). The molecule has 2 heterocycles. The maximum atomic E-state index is 11.6. The molecule has 0 aliphatic carbocycles. The number of carbonyl (C=O) groups excluding carboxylic acids is 1. The highest BCUT2D eigenvalue weighted by Gasteiger charge is 2.27. The topological polar surface area (TPSA) is 77.2 Å². The molecule has 2 aromatic rings. The zero-order valence-corrected chi connectivity index (χ0v) is 11.1. The molecular weight excluding hydrogens is 258 g/mol. The molecule has 0 spiro atoms. The Morgan fingerprint density at radius 1 is 1.45 bits per heavy atom. The van der Waals surface area contributed by atoms with E-state index in [9.17, 15) is 9.90 Å². The van der Waals surface area contributed by atoms with Gasteiger partial charge >= 0.3 is 5.97 Å². The number of nitrogens with zero attached hydrogens (tertiary/aromatic N) is 3. The van der Waals surface area contributed by atoms with Crippen LogP contribution in [-0.4, -0.2) is 33.0 Å². The number of methoxy groups -OCH3 is 1. The quantitative estimate of drug-likeness (QED) is 0.837. The molecular formula is C14H15N3O3. The molecule has 6 heteroatoms. The number of ether oxygens (including phenoxy) is 1. The summed E-state index contributed by atoms with van der Waals surface area (Å²) in [5.74, 6) is 1.09. The molecule has 20 heavy (non-hydrogen) atoms. The maximum Gasteiger partial charge on any atom is 0.310 e. The molecule has 1 N–H and O–H groups in total. The first-order chi connectivity index (χ1) is 9.69. The number of aromatic nitrogens is 3. The summed E-state index contributed by atoms with van der Waals surface area (Å²) in [7, 11) is 1.40. The number of aromatic hydroxyl groups is 1. The third-order valence-electron chi connectivity index (χ3n) is 3.54. The fraction of sp³-hybridized carbons (Fsp3) is 0.357. The van der Waals surface area contributed by atoms with E-state index >= 15 is 0 Å². The normalized spacial score (nSPS) is 17.6. The standard InChI is InChI=1S/C14H15N3O3/c1-20-14(19)9-6-7-12-15-13(16-17(12)8-9)10-4-2-3-5-11(10)18/h2-5,9,18H,6-8H2,1H3. The number of phenols is 1. The van der Waals surface area contributed by atoms with Crippen LogP contribution in [0, 0.1) is 5.92 Å². The number of fused-ring (bicyclic) bond motifs is 1. The van der Waals surface area contributed by atoms with Gasteiger partial charge in [-0.25, -0.2) is 9.67 Å². The zero-order valence-electron chi connectivity index (χ0n) is 11.1. The smallest absolute Gasteiger partial charge is 0.310 e. The largest absolute Gasteiger partial charge is 0.507 e. The van der Waals surface area contributed by atoms with Crippen LogP contribution in [0.15, 0.2) is 24.3 Å². The van der Waals surface area contributed by atoms with Gasteiger partial charge in [-0.15, -0.1) is 0 Å². The lowest BCUT2D eigenvalue weighted by molar-refractivity contribution is -0.146. The van der Waals surface area contributed by atoms with Crippen LogP contribution in [-0.2, 0) is 22.5 Å². The molecule has 104 valence electrons. The summed E-state index contributed by atoms with van der Waals surface area (Å²) < 4.78 is 6.50. The van der Waals surface area contributed by atoms with Crippen LogP contribution >= 0.6 is 0 Å². The number of para-hydroxylation sites is 1. The minimum absolute atomic E-state index is 0.153. The fourth-order valence-corrected chi connectivity index (χ4v) is 2.44. The van der Waals surface area contributed by atoms with E-state index in [1.807, 2.05) is 6.07 Å². The molecule has 0 fully saturated rings. The van der Waals surface area contributed by atoms with Gasteiger partial charge in [-0.3, -0.25) is 4.79 Å². The third-order valence-corrected chi connectivity index (χ3v) is 3.54. The number of hydrogen-bond acceptors (Lipinski definition) is 5. The Bertz CT molecular complexity index is 651. The number of benzene rings is 1. The van der Waals surface area contributed by atoms with Crippen molar-refractivity contribution in [1.82, 2.24) is 14.8 Å². The van der Waals surface area contributed by atoms with Crippen molar-refractivity contribution in [1.29, 1.82) is 0 Å². The van der Waals surface area contributed by atoms with Crippen LogP contribution in [0.3, 0.4) is 0 Å². The first kappa shape index (κ1) is 12.7. The van der Waals surface area contributed by atoms with Crippen molar-refractivity contribution in [2.24, 2.45) is 5.92 Å². The zero-order chi connectivity index (χ0) is 14.1. The Morgan fingerprint density at radius 2 is 2.25 bits per heavy atom. The molecule has 1 aliphatic rings. The summed E-state index contributed by atoms with van der Waals surface area (Å²) in [5.41, 5.74) is 0.601. The van der Waals surface area contributed by atoms with Crippen molar-refractivity contribution in [3.8, 4) is 17.1 Å². The molecule has 0 saturated carbocycles. The Morgan fingerprint density at radius 3 is 3.00 bits per heavy atom. The average molecular weight is 273 g/mol. The van der Waals surface area contributed by atoms with E-state index in [-0.39, 0.29) is 17.6 Å². The predicted molar refractivity (Wildman–Crippen MR) is 70.9 cm³/mol. The third kappa shape index (κ3) is 2.13. The summed E-state index contributed by atoms with van der Waals surface area (Å²) >= 11 is 0. The highest BCUT2D eigenvalue weighted by molar-refractivity contribution is 5.72. The summed E-state index contributed by atoms with van der Waals surface area (Å²) in [6, 6.07) is 6.95. The Balaban J connectivity index is 1.91. The molecule has 1 atom stereocenters. The lowest BCUT2D eigenvalue weighted by Gasteiger charge is -2.19. The summed E-state index contributed by atoms with van der Waals surface area (Å²) in [5, 5.41) is 14.2. The fourth-order valence-electron chi connectivity index (χ4n) is 2.44. The summed E-state index contributed by atoms with van der Waals surface area (Å²) in [6.07, 6.45) is 1.39. The number of esters is 1. The van der Waals surface area contributed by atoms with Crippen LogP contribution in [0.5, 0.6) is 5.75 Å². The van der Waals surface area contributed by atoms with Crippen LogP contribution in [0.25, 0.3) is 11.4 Å². The average Bonchev–Trinajstić information content (AvgIpc) is 2.89. The Hall–Kier alpha value is -2.37. The minimum atomic E-state index is -0.213. The van der Waals surface area contributed by atoms with Gasteiger partial charge in [-0.05, 0) is 18.6 Å². The van der Waals surface area contributed by atoms with Gasteiger partial charge in [0.1, 0.15) is 11.6 Å². The van der Waals surface area contributed by atoms with Crippen molar-refractivity contribution in [3.63, 3.8) is 0 Å². The van der Waals surface area contributed by atoms with Gasteiger partial charge in [-0.2, -0.15) is 5.10 Å². The summed E-state index contributed by atoms with van der Waals surface area (Å²) in [6.45, 7) is 0.475. The van der Waals surface area contributed by atoms with Gasteiger partial charge in [0.2, 0.25) is 0 Å². The number of aryl methyl sites for hydroxylation is 1. The maximum absolute atomic E-state index is 11.6. The molecule has 0 bridgehead atoms. The van der Waals surface area contributed by atoms with E-state index < -0.39 is 0 Å². The molecule has 0 amide bonds. The van der Waals surface area contributed by atoms with Gasteiger partial charge in [0, 0.05) is 6.42 Å². The van der Waals surface area contributed by atoms with Crippen molar-refractivity contribution in [3.05, 3.63) is 30.1 Å². The van der Waals surface area contributed by atoms with Crippen LogP contribution in [0.2, 0.25) is 0 Å². The second-order valence-electron chi connectivity index (χ2n) is 4.81. The van der Waals surface area contributed by atoms with Crippen LogP contribution in [0.1, 0.15) is 12.2 Å². The van der Waals surface area contributed by atoms with E-state index in [4.69, 9.17) is 4.74 Å². The molecule has 1 aromatic carbocycles. The van der Waals surface area contributed by atoms with Gasteiger partial charge in [-0.1, -0.05) is 12.1 Å². The van der Waals surface area contributed by atoms with Gasteiger partial charge in [0.25, 0.3) is 0 Å². The first-order valence-electron chi connectivity index (χ1n) is 6.49. The van der Waals surface area contributed by atoms with Gasteiger partial charge in [0.15, 0.2) is 5.82 Å². The van der Waals surface area contributed by atoms with E-state index in [2.05, 4.69) is 10.1 Å². The molecule has 1 aliphatic heterocycles. The first-order valence-corrected chi connectivity index (χ1v) is 6.49. The van der Waals surface area contributed by atoms with E-state index in [0.29, 0.717) is 30.8 Å². The van der Waals surface area contributed by atoms with E-state index in [1.165, 1.54) is 7.11 Å². The molecule has 0 saturated heterocycles. The molecule has 1 aromatic heterocycles. The highest BCUT2D eigenvalue weighted by atomic mass is 16.5. The Kier molecular flexibility index (Phi) is 3.14. The lowest BCUT2D eigenvalue weighted by atomic mass is 10.0. The van der Waals surface area contributed by atoms with Gasteiger partial charge in [0.05, 0.1) is 25.1 Å². The minimum Gasteiger partial charge on any atom is -0.507 e. The van der Waals surface area contributed by atoms with Crippen molar-refractivity contribution < 1.29 is 14.6 Å². The SMILES string of the molecule is COC(=O)C1CCc2nc(-c3ccccc3O)nn2C1. The second-order valence-corrected chi connectivity index (χ2v) is 4.81. The van der Waals surface area contributed by atoms with E-state index in [1.54, 1.807) is 22.9 Å². The molecule has 6 nitrogen and oxygen atoms in total. The second kappa shape index (κ2) is 4.96. The van der Waals surface area contributed by atoms with Crippen molar-refractivity contribution in [2.75, 3.05) is 7.11 Å². The lowest BCUT2D eigenvalue weighted by Crippen LogP contribution is -2.28. The highest BCUT2D eigenvalue weighted by Crippen LogP contribution is 2.28. The van der Waals surface area contributed by atoms with Gasteiger partial charge < -0.3 is 9.84 Å². The van der Waals surface area contributed by atoms with E-state index in [0.717, 1.165) is 5.82 Å². The number of hydrogen-bond donors (Lipinski definition) is 1. The number of rotatable bonds is 2. The van der Waals surface area contributed by atoms with Crippen molar-refractivity contribution in [2.45, 2.75) is 19.4 Å². The van der Waals surface area contributed by atoms with Crippen molar-refractivity contribution >= 4 is 5.97 Å².